The van der Waals surface area contributed by atoms with Crippen LogP contribution in [0.2, 0.25) is 0 Å². The van der Waals surface area contributed by atoms with Crippen LogP contribution >= 0.6 is 11.8 Å². The van der Waals surface area contributed by atoms with Gasteiger partial charge in [-0.2, -0.15) is 0 Å². The van der Waals surface area contributed by atoms with E-state index in [0.29, 0.717) is 24.1 Å². The van der Waals surface area contributed by atoms with Gasteiger partial charge in [-0.25, -0.2) is 0 Å². The van der Waals surface area contributed by atoms with Crippen LogP contribution in [-0.2, 0) is 18.8 Å². The molecule has 7 heteroatoms. The zero-order valence-corrected chi connectivity index (χ0v) is 21.9. The monoisotopic (exact) mass is 502 g/mol. The number of nitrogens with zero attached hydrogens (tertiary/aromatic N) is 4. The highest BCUT2D eigenvalue weighted by atomic mass is 32.2. The number of hydrogen-bond acceptors (Lipinski definition) is 7. The van der Waals surface area contributed by atoms with E-state index in [2.05, 4.69) is 88.7 Å². The maximum Gasteiger partial charge on any atom is 0.247 e. The Bertz CT molecular complexity index is 1150. The van der Waals surface area contributed by atoms with Crippen molar-refractivity contribution in [1.29, 1.82) is 0 Å². The first-order valence-corrected chi connectivity index (χ1v) is 13.4. The first kappa shape index (κ1) is 25.9. The lowest BCUT2D eigenvalue weighted by Gasteiger charge is -2.24. The Labute approximate surface area is 218 Å². The largest absolute Gasteiger partial charge is 0.493 e. The molecule has 0 bridgehead atoms. The van der Waals surface area contributed by atoms with Gasteiger partial charge in [0.25, 0.3) is 0 Å². The van der Waals surface area contributed by atoms with Crippen LogP contribution in [0.25, 0.3) is 11.5 Å². The van der Waals surface area contributed by atoms with Gasteiger partial charge in [-0.3, -0.25) is 4.90 Å². The number of thioether (sulfide) groups is 1. The molecule has 188 valence electrons. The summed E-state index contributed by atoms with van der Waals surface area (Å²) >= 11 is 1.72. The third-order valence-corrected chi connectivity index (χ3v) is 6.56. The van der Waals surface area contributed by atoms with Crippen LogP contribution in [0.5, 0.6) is 5.75 Å². The number of likely N-dealkylation sites (N-methyl/N-ethyl adjacent to an activating group) is 1. The summed E-state index contributed by atoms with van der Waals surface area (Å²) in [7, 11) is 4.23. The lowest BCUT2D eigenvalue weighted by molar-refractivity contribution is 0.226. The second-order valence-electron chi connectivity index (χ2n) is 8.91. The molecule has 0 radical (unpaired) electrons. The maximum atomic E-state index is 5.90. The lowest BCUT2D eigenvalue weighted by Crippen LogP contribution is -2.31. The SMILES string of the molecule is CN(C)CCN(Cc1ccccc1)Cc1ccc(-c2nnc(CSCCOc3ccccc3)o2)cc1. The Hall–Kier alpha value is -3.13. The number of benzene rings is 3. The highest BCUT2D eigenvalue weighted by Gasteiger charge is 2.11. The molecular formula is C29H34N4O2S. The number of para-hydroxylation sites is 1. The van der Waals surface area contributed by atoms with E-state index in [1.54, 1.807) is 11.8 Å². The van der Waals surface area contributed by atoms with Crippen LogP contribution in [0.4, 0.5) is 0 Å². The van der Waals surface area contributed by atoms with Gasteiger partial charge in [-0.05, 0) is 49.5 Å². The van der Waals surface area contributed by atoms with E-state index < -0.39 is 0 Å². The van der Waals surface area contributed by atoms with E-state index in [1.165, 1.54) is 11.1 Å². The molecule has 4 rings (SSSR count). The second kappa shape index (κ2) is 13.8. The molecule has 0 aliphatic carbocycles. The first-order valence-electron chi connectivity index (χ1n) is 12.2. The summed E-state index contributed by atoms with van der Waals surface area (Å²) in [5, 5.41) is 8.47. The average Bonchev–Trinajstić information content (AvgIpc) is 3.38. The normalized spacial score (nSPS) is 11.3. The van der Waals surface area contributed by atoms with E-state index in [4.69, 9.17) is 9.15 Å². The fraction of sp³-hybridized carbons (Fsp3) is 0.310. The van der Waals surface area contributed by atoms with Gasteiger partial charge in [0.2, 0.25) is 11.8 Å². The Balaban J connectivity index is 1.27. The Morgan fingerprint density at radius 2 is 1.44 bits per heavy atom. The minimum Gasteiger partial charge on any atom is -0.493 e. The quantitative estimate of drug-likeness (QED) is 0.208. The van der Waals surface area contributed by atoms with E-state index in [1.807, 2.05) is 30.3 Å². The lowest BCUT2D eigenvalue weighted by atomic mass is 10.1. The Kier molecular flexibility index (Phi) is 9.96. The topological polar surface area (TPSA) is 54.6 Å². The summed E-state index contributed by atoms with van der Waals surface area (Å²) in [5.41, 5.74) is 3.54. The van der Waals surface area contributed by atoms with Crippen molar-refractivity contribution in [2.45, 2.75) is 18.8 Å². The van der Waals surface area contributed by atoms with Gasteiger partial charge in [0, 0.05) is 37.5 Å². The van der Waals surface area contributed by atoms with Gasteiger partial charge in [0.05, 0.1) is 12.4 Å². The molecular weight excluding hydrogens is 468 g/mol. The average molecular weight is 503 g/mol. The van der Waals surface area contributed by atoms with Crippen LogP contribution in [-0.4, -0.2) is 59.5 Å². The first-order chi connectivity index (χ1) is 17.7. The third kappa shape index (κ3) is 8.52. The fourth-order valence-electron chi connectivity index (χ4n) is 3.73. The van der Waals surface area contributed by atoms with Crippen LogP contribution in [0, 0.1) is 0 Å². The molecule has 0 amide bonds. The molecule has 0 aliphatic rings. The predicted molar refractivity (Wildman–Crippen MR) is 147 cm³/mol. The van der Waals surface area contributed by atoms with E-state index in [0.717, 1.165) is 43.2 Å². The van der Waals surface area contributed by atoms with Crippen molar-refractivity contribution in [2.24, 2.45) is 0 Å². The second-order valence-corrected chi connectivity index (χ2v) is 10.0. The molecule has 0 N–H and O–H groups in total. The molecule has 36 heavy (non-hydrogen) atoms. The van der Waals surface area contributed by atoms with Gasteiger partial charge in [-0.1, -0.05) is 60.7 Å². The molecule has 0 saturated heterocycles. The van der Waals surface area contributed by atoms with Gasteiger partial charge in [0.1, 0.15) is 5.75 Å². The van der Waals surface area contributed by atoms with Crippen LogP contribution in [0.15, 0.2) is 89.3 Å². The zero-order valence-electron chi connectivity index (χ0n) is 21.0. The van der Waals surface area contributed by atoms with E-state index in [9.17, 15) is 0 Å². The summed E-state index contributed by atoms with van der Waals surface area (Å²) in [6.45, 7) is 4.49. The summed E-state index contributed by atoms with van der Waals surface area (Å²) < 4.78 is 11.6. The molecule has 3 aromatic carbocycles. The molecule has 4 aromatic rings. The van der Waals surface area contributed by atoms with Crippen molar-refractivity contribution in [1.82, 2.24) is 20.0 Å². The predicted octanol–water partition coefficient (Wildman–Crippen LogP) is 5.61. The van der Waals surface area contributed by atoms with Crippen LogP contribution in [0.1, 0.15) is 17.0 Å². The standard InChI is InChI=1S/C29H34N4O2S/c1-32(2)17-18-33(21-24-9-5-3-6-10-24)22-25-13-15-26(16-14-25)29-31-30-28(35-29)23-36-20-19-34-27-11-7-4-8-12-27/h3-16H,17-23H2,1-2H3. The van der Waals surface area contributed by atoms with E-state index in [-0.39, 0.29) is 0 Å². The van der Waals surface area contributed by atoms with Gasteiger partial charge in [-0.15, -0.1) is 22.0 Å². The molecule has 0 spiro atoms. The van der Waals surface area contributed by atoms with Crippen molar-refractivity contribution in [3.8, 4) is 17.2 Å². The van der Waals surface area contributed by atoms with Crippen molar-refractivity contribution in [2.75, 3.05) is 39.5 Å². The molecule has 1 aromatic heterocycles. The minimum atomic E-state index is 0.562. The van der Waals surface area contributed by atoms with Crippen LogP contribution < -0.4 is 4.74 Å². The molecule has 0 saturated carbocycles. The molecule has 0 unspecified atom stereocenters. The molecule has 6 nitrogen and oxygen atoms in total. The molecule has 0 aliphatic heterocycles. The smallest absolute Gasteiger partial charge is 0.247 e. The van der Waals surface area contributed by atoms with Crippen molar-refractivity contribution in [3.63, 3.8) is 0 Å². The Morgan fingerprint density at radius 3 is 2.14 bits per heavy atom. The van der Waals surface area contributed by atoms with Gasteiger partial charge < -0.3 is 14.1 Å². The summed E-state index contributed by atoms with van der Waals surface area (Å²) in [4.78, 5) is 4.71. The fourth-order valence-corrected chi connectivity index (χ4v) is 4.37. The van der Waals surface area contributed by atoms with Gasteiger partial charge >= 0.3 is 0 Å². The summed E-state index contributed by atoms with van der Waals surface area (Å²) in [5.74, 6) is 3.61. The maximum absolute atomic E-state index is 5.90. The highest BCUT2D eigenvalue weighted by Crippen LogP contribution is 2.21. The summed E-state index contributed by atoms with van der Waals surface area (Å²) in [6, 6.07) is 28.9. The van der Waals surface area contributed by atoms with Crippen molar-refractivity contribution >= 4 is 11.8 Å². The van der Waals surface area contributed by atoms with Crippen molar-refractivity contribution < 1.29 is 9.15 Å². The molecule has 0 fully saturated rings. The number of aromatic nitrogens is 2. The number of ether oxygens (including phenoxy) is 1. The van der Waals surface area contributed by atoms with Crippen molar-refractivity contribution in [3.05, 3.63) is 102 Å². The van der Waals surface area contributed by atoms with E-state index >= 15 is 0 Å². The zero-order chi connectivity index (χ0) is 25.0. The van der Waals surface area contributed by atoms with Crippen LogP contribution in [0.3, 0.4) is 0 Å². The highest BCUT2D eigenvalue weighted by molar-refractivity contribution is 7.98. The number of rotatable bonds is 14. The molecule has 0 atom stereocenters. The Morgan fingerprint density at radius 1 is 0.778 bits per heavy atom. The third-order valence-electron chi connectivity index (χ3n) is 5.65. The molecule has 1 heterocycles. The van der Waals surface area contributed by atoms with Gasteiger partial charge in [0.15, 0.2) is 0 Å². The number of hydrogen-bond donors (Lipinski definition) is 0. The minimum absolute atomic E-state index is 0.562. The summed E-state index contributed by atoms with van der Waals surface area (Å²) in [6.07, 6.45) is 0.